The van der Waals surface area contributed by atoms with E-state index in [9.17, 15) is 9.18 Å². The zero-order chi connectivity index (χ0) is 13.7. The smallest absolute Gasteiger partial charge is 0.225 e. The van der Waals surface area contributed by atoms with E-state index < -0.39 is 0 Å². The molecule has 0 N–H and O–H groups in total. The molecule has 0 bridgehead atoms. The van der Waals surface area contributed by atoms with Crippen molar-refractivity contribution in [2.75, 3.05) is 6.54 Å². The third-order valence-electron chi connectivity index (χ3n) is 3.56. The van der Waals surface area contributed by atoms with Gasteiger partial charge in [-0.2, -0.15) is 0 Å². The first-order chi connectivity index (χ1) is 9.20. The van der Waals surface area contributed by atoms with E-state index in [2.05, 4.69) is 6.92 Å². The van der Waals surface area contributed by atoms with Gasteiger partial charge in [0.05, 0.1) is 0 Å². The molecule has 0 aromatic heterocycles. The Morgan fingerprint density at radius 1 is 1.26 bits per heavy atom. The number of amides is 1. The van der Waals surface area contributed by atoms with Crippen LogP contribution in [0.1, 0.15) is 44.6 Å². The second kappa shape index (κ2) is 6.69. The second-order valence-corrected chi connectivity index (χ2v) is 5.37. The van der Waals surface area contributed by atoms with E-state index in [0.717, 1.165) is 44.2 Å². The average molecular weight is 263 g/mol. The Balaban J connectivity index is 1.95. The van der Waals surface area contributed by atoms with Crippen LogP contribution in [-0.4, -0.2) is 17.4 Å². The van der Waals surface area contributed by atoms with Crippen molar-refractivity contribution in [3.63, 3.8) is 0 Å². The Labute approximate surface area is 114 Å². The minimum Gasteiger partial charge on any atom is -0.338 e. The van der Waals surface area contributed by atoms with Crippen molar-refractivity contribution in [2.45, 2.75) is 45.6 Å². The van der Waals surface area contributed by atoms with Crippen molar-refractivity contribution in [3.05, 3.63) is 35.6 Å². The van der Waals surface area contributed by atoms with Gasteiger partial charge in [-0.25, -0.2) is 4.39 Å². The molecule has 2 rings (SSSR count). The standard InChI is InChI=1S/C16H22FNO/c1-2-3-4-11-18(16(19)14-7-8-14)12-13-5-9-15(17)10-6-13/h5-6,9-10,14H,2-4,7-8,11-12H2,1H3. The van der Waals surface area contributed by atoms with Crippen LogP contribution in [0, 0.1) is 11.7 Å². The lowest BCUT2D eigenvalue weighted by Gasteiger charge is -2.23. The summed E-state index contributed by atoms with van der Waals surface area (Å²) in [6, 6.07) is 6.45. The van der Waals surface area contributed by atoms with E-state index in [1.165, 1.54) is 12.1 Å². The molecular weight excluding hydrogens is 241 g/mol. The first-order valence-electron chi connectivity index (χ1n) is 7.24. The Bertz CT molecular complexity index is 411. The van der Waals surface area contributed by atoms with Crippen molar-refractivity contribution in [3.8, 4) is 0 Å². The Morgan fingerprint density at radius 2 is 1.95 bits per heavy atom. The highest BCUT2D eigenvalue weighted by Crippen LogP contribution is 2.31. The molecule has 2 nitrogen and oxygen atoms in total. The highest BCUT2D eigenvalue weighted by molar-refractivity contribution is 5.81. The molecule has 19 heavy (non-hydrogen) atoms. The van der Waals surface area contributed by atoms with Gasteiger partial charge in [-0.3, -0.25) is 4.79 Å². The Kier molecular flexibility index (Phi) is 4.94. The lowest BCUT2D eigenvalue weighted by molar-refractivity contribution is -0.133. The van der Waals surface area contributed by atoms with Gasteiger partial charge in [-0.1, -0.05) is 31.9 Å². The molecule has 3 heteroatoms. The summed E-state index contributed by atoms with van der Waals surface area (Å²) in [6.07, 6.45) is 5.43. The number of hydrogen-bond donors (Lipinski definition) is 0. The molecule has 0 aliphatic heterocycles. The van der Waals surface area contributed by atoms with Gasteiger partial charge in [0, 0.05) is 19.0 Å². The van der Waals surface area contributed by atoms with E-state index in [1.54, 1.807) is 12.1 Å². The summed E-state index contributed by atoms with van der Waals surface area (Å²) in [4.78, 5) is 14.2. The van der Waals surface area contributed by atoms with E-state index >= 15 is 0 Å². The maximum absolute atomic E-state index is 12.9. The normalized spacial score (nSPS) is 14.4. The van der Waals surface area contributed by atoms with Gasteiger partial charge in [0.2, 0.25) is 5.91 Å². The molecule has 1 fully saturated rings. The molecule has 1 saturated carbocycles. The first-order valence-corrected chi connectivity index (χ1v) is 7.24. The minimum atomic E-state index is -0.227. The molecule has 104 valence electrons. The van der Waals surface area contributed by atoms with Crippen molar-refractivity contribution in [2.24, 2.45) is 5.92 Å². The predicted molar refractivity (Wildman–Crippen MR) is 74.1 cm³/mol. The summed E-state index contributed by atoms with van der Waals surface area (Å²) >= 11 is 0. The van der Waals surface area contributed by atoms with Gasteiger partial charge in [-0.05, 0) is 37.0 Å². The van der Waals surface area contributed by atoms with Crippen molar-refractivity contribution < 1.29 is 9.18 Å². The topological polar surface area (TPSA) is 20.3 Å². The first kappa shape index (κ1) is 14.0. The summed E-state index contributed by atoms with van der Waals surface area (Å²) in [5, 5.41) is 0. The van der Waals surface area contributed by atoms with Crippen LogP contribution in [0.5, 0.6) is 0 Å². The quantitative estimate of drug-likeness (QED) is 0.686. The van der Waals surface area contributed by atoms with Crippen LogP contribution in [0.2, 0.25) is 0 Å². The molecule has 1 aliphatic rings. The van der Waals surface area contributed by atoms with Crippen LogP contribution in [-0.2, 0) is 11.3 Å². The van der Waals surface area contributed by atoms with Crippen LogP contribution >= 0.6 is 0 Å². The van der Waals surface area contributed by atoms with Gasteiger partial charge in [-0.15, -0.1) is 0 Å². The monoisotopic (exact) mass is 263 g/mol. The minimum absolute atomic E-state index is 0.227. The maximum atomic E-state index is 12.9. The lowest BCUT2D eigenvalue weighted by atomic mass is 10.1. The summed E-state index contributed by atoms with van der Waals surface area (Å²) < 4.78 is 12.9. The van der Waals surface area contributed by atoms with Gasteiger partial charge >= 0.3 is 0 Å². The lowest BCUT2D eigenvalue weighted by Crippen LogP contribution is -2.32. The molecule has 1 aromatic rings. The third-order valence-corrected chi connectivity index (χ3v) is 3.56. The summed E-state index contributed by atoms with van der Waals surface area (Å²) in [7, 11) is 0. The molecule has 1 aliphatic carbocycles. The molecule has 0 heterocycles. The van der Waals surface area contributed by atoms with Gasteiger partial charge in [0.25, 0.3) is 0 Å². The van der Waals surface area contributed by atoms with Crippen LogP contribution in [0.25, 0.3) is 0 Å². The number of rotatable bonds is 7. The highest BCUT2D eigenvalue weighted by atomic mass is 19.1. The molecule has 0 spiro atoms. The summed E-state index contributed by atoms with van der Waals surface area (Å²) in [5.74, 6) is 0.303. The maximum Gasteiger partial charge on any atom is 0.225 e. The zero-order valence-corrected chi connectivity index (χ0v) is 11.6. The molecule has 0 atom stereocenters. The van der Waals surface area contributed by atoms with E-state index in [4.69, 9.17) is 0 Å². The van der Waals surface area contributed by atoms with Gasteiger partial charge < -0.3 is 4.90 Å². The van der Waals surface area contributed by atoms with Crippen molar-refractivity contribution in [1.82, 2.24) is 4.90 Å². The average Bonchev–Trinajstić information content (AvgIpc) is 3.24. The molecule has 0 unspecified atom stereocenters. The number of carbonyl (C=O) groups excluding carboxylic acids is 1. The van der Waals surface area contributed by atoms with Gasteiger partial charge in [0.15, 0.2) is 0 Å². The molecule has 0 radical (unpaired) electrons. The SMILES string of the molecule is CCCCCN(Cc1ccc(F)cc1)C(=O)C1CC1. The van der Waals surface area contributed by atoms with Crippen LogP contribution in [0.15, 0.2) is 24.3 Å². The number of unbranched alkanes of at least 4 members (excludes halogenated alkanes) is 2. The Hall–Kier alpha value is -1.38. The van der Waals surface area contributed by atoms with Crippen LogP contribution in [0.3, 0.4) is 0 Å². The number of benzene rings is 1. The zero-order valence-electron chi connectivity index (χ0n) is 11.6. The van der Waals surface area contributed by atoms with Crippen molar-refractivity contribution >= 4 is 5.91 Å². The fraction of sp³-hybridized carbons (Fsp3) is 0.562. The molecule has 0 saturated heterocycles. The van der Waals surface area contributed by atoms with E-state index in [0.29, 0.717) is 6.54 Å². The predicted octanol–water partition coefficient (Wildman–Crippen LogP) is 3.75. The highest BCUT2D eigenvalue weighted by Gasteiger charge is 2.33. The summed E-state index contributed by atoms with van der Waals surface area (Å²) in [6.45, 7) is 3.59. The fourth-order valence-corrected chi connectivity index (χ4v) is 2.22. The molecule has 1 aromatic carbocycles. The second-order valence-electron chi connectivity index (χ2n) is 5.37. The van der Waals surface area contributed by atoms with E-state index in [1.807, 2.05) is 4.90 Å². The summed E-state index contributed by atoms with van der Waals surface area (Å²) in [5.41, 5.74) is 1.01. The van der Waals surface area contributed by atoms with Gasteiger partial charge in [0.1, 0.15) is 5.82 Å². The largest absolute Gasteiger partial charge is 0.338 e. The number of hydrogen-bond acceptors (Lipinski definition) is 1. The van der Waals surface area contributed by atoms with E-state index in [-0.39, 0.29) is 17.6 Å². The van der Waals surface area contributed by atoms with Crippen molar-refractivity contribution in [1.29, 1.82) is 0 Å². The third kappa shape index (κ3) is 4.34. The fourth-order valence-electron chi connectivity index (χ4n) is 2.22. The Morgan fingerprint density at radius 3 is 2.53 bits per heavy atom. The number of nitrogens with zero attached hydrogens (tertiary/aromatic N) is 1. The molecule has 1 amide bonds. The number of halogens is 1. The van der Waals surface area contributed by atoms with Crippen LogP contribution < -0.4 is 0 Å². The number of carbonyl (C=O) groups is 1. The molecular formula is C16H22FNO. The van der Waals surface area contributed by atoms with Crippen LogP contribution in [0.4, 0.5) is 4.39 Å².